The van der Waals surface area contributed by atoms with Gasteiger partial charge in [-0.15, -0.1) is 13.2 Å². The van der Waals surface area contributed by atoms with Crippen LogP contribution in [0.25, 0.3) is 0 Å². The number of halogens is 3. The fourth-order valence-electron chi connectivity index (χ4n) is 4.51. The van der Waals surface area contributed by atoms with Gasteiger partial charge in [-0.05, 0) is 44.4 Å². The van der Waals surface area contributed by atoms with Crippen LogP contribution in [0, 0.1) is 11.8 Å². The number of hydrogen-bond acceptors (Lipinski definition) is 4. The van der Waals surface area contributed by atoms with Crippen LogP contribution in [-0.2, 0) is 4.79 Å². The molecule has 2 aliphatic rings. The molecular weight excluding hydrogens is 371 g/mol. The number of hydrogen-bond donors (Lipinski definition) is 2. The van der Waals surface area contributed by atoms with Gasteiger partial charge >= 0.3 is 6.36 Å². The highest BCUT2D eigenvalue weighted by Crippen LogP contribution is 2.40. The number of amides is 1. The van der Waals surface area contributed by atoms with Crippen molar-refractivity contribution >= 4 is 11.6 Å². The van der Waals surface area contributed by atoms with Gasteiger partial charge in [-0.3, -0.25) is 4.79 Å². The van der Waals surface area contributed by atoms with Crippen LogP contribution in [0.3, 0.4) is 0 Å². The summed E-state index contributed by atoms with van der Waals surface area (Å²) in [6.45, 7) is 3.56. The van der Waals surface area contributed by atoms with Gasteiger partial charge in [0.25, 0.3) is 0 Å². The minimum Gasteiger partial charge on any atom is -0.406 e. The Morgan fingerprint density at radius 2 is 2.11 bits per heavy atom. The summed E-state index contributed by atoms with van der Waals surface area (Å²) >= 11 is 0. The Labute approximate surface area is 163 Å². The number of benzene rings is 1. The van der Waals surface area contributed by atoms with Gasteiger partial charge in [0.15, 0.2) is 0 Å². The summed E-state index contributed by atoms with van der Waals surface area (Å²) < 4.78 is 41.5. The summed E-state index contributed by atoms with van der Waals surface area (Å²) in [6.07, 6.45) is -1.00. The minimum absolute atomic E-state index is 0.0361. The molecule has 4 atom stereocenters. The predicted molar refractivity (Wildman–Crippen MR) is 101 cm³/mol. The molecular formula is C20H28F3N3O2. The lowest BCUT2D eigenvalue weighted by molar-refractivity contribution is -0.274. The van der Waals surface area contributed by atoms with Crippen LogP contribution >= 0.6 is 0 Å². The van der Waals surface area contributed by atoms with Gasteiger partial charge in [-0.25, -0.2) is 0 Å². The van der Waals surface area contributed by atoms with Gasteiger partial charge in [-0.1, -0.05) is 19.4 Å². The number of nitrogens with one attached hydrogen (secondary N) is 2. The van der Waals surface area contributed by atoms with E-state index >= 15 is 0 Å². The number of alkyl halides is 3. The number of rotatable bonds is 7. The highest BCUT2D eigenvalue weighted by molar-refractivity contribution is 5.82. The second kappa shape index (κ2) is 8.59. The van der Waals surface area contributed by atoms with Crippen molar-refractivity contribution in [2.24, 2.45) is 11.8 Å². The van der Waals surface area contributed by atoms with Crippen molar-refractivity contribution in [1.29, 1.82) is 0 Å². The molecule has 1 aromatic carbocycles. The highest BCUT2D eigenvalue weighted by atomic mass is 19.4. The van der Waals surface area contributed by atoms with Crippen LogP contribution in [0.1, 0.15) is 32.6 Å². The molecule has 0 aromatic heterocycles. The third kappa shape index (κ3) is 4.90. The summed E-state index contributed by atoms with van der Waals surface area (Å²) in [5.41, 5.74) is 0.723. The van der Waals surface area contributed by atoms with E-state index < -0.39 is 6.36 Å². The molecule has 1 heterocycles. The first kappa shape index (κ1) is 20.8. The predicted octanol–water partition coefficient (Wildman–Crippen LogP) is 3.30. The summed E-state index contributed by atoms with van der Waals surface area (Å²) in [6, 6.07) is 6.05. The minimum atomic E-state index is -4.70. The Kier molecular flexibility index (Phi) is 6.37. The molecule has 1 saturated carbocycles. The van der Waals surface area contributed by atoms with E-state index in [1.165, 1.54) is 12.1 Å². The largest absolute Gasteiger partial charge is 0.573 e. The second-order valence-corrected chi connectivity index (χ2v) is 7.70. The first-order chi connectivity index (χ1) is 13.3. The van der Waals surface area contributed by atoms with Gasteiger partial charge in [0.05, 0.1) is 6.04 Å². The summed E-state index contributed by atoms with van der Waals surface area (Å²) in [4.78, 5) is 14.6. The Balaban J connectivity index is 1.63. The van der Waals surface area contributed by atoms with Crippen molar-refractivity contribution < 1.29 is 22.7 Å². The molecule has 1 aliphatic carbocycles. The van der Waals surface area contributed by atoms with Crippen molar-refractivity contribution in [1.82, 2.24) is 10.6 Å². The van der Waals surface area contributed by atoms with Crippen LogP contribution in [0.2, 0.25) is 0 Å². The van der Waals surface area contributed by atoms with Gasteiger partial charge in [0.2, 0.25) is 5.91 Å². The first-order valence-electron chi connectivity index (χ1n) is 9.89. The van der Waals surface area contributed by atoms with Crippen LogP contribution in [0.4, 0.5) is 18.9 Å². The van der Waals surface area contributed by atoms with Crippen LogP contribution in [0.15, 0.2) is 24.3 Å². The standard InChI is InChI=1S/C20H28F3N3O2/c1-3-5-18(24-2)19(27)25-17-9-8-13-11-26(12-16(13)17)14-6-4-7-15(10-14)28-20(21,22)23/h4,6-7,10,13,16-18,24H,3,5,8-9,11-12H2,1-2H3,(H,25,27)/t13-,16+,17+,18+/m1/s1. The van der Waals surface area contributed by atoms with Gasteiger partial charge < -0.3 is 20.3 Å². The monoisotopic (exact) mass is 399 g/mol. The molecule has 2 fully saturated rings. The number of ether oxygens (including phenoxy) is 1. The van der Waals surface area contributed by atoms with Crippen molar-refractivity contribution in [3.63, 3.8) is 0 Å². The Morgan fingerprint density at radius 3 is 2.79 bits per heavy atom. The molecule has 0 radical (unpaired) electrons. The maximum atomic E-state index is 12.5. The zero-order chi connectivity index (χ0) is 20.3. The van der Waals surface area contributed by atoms with Crippen LogP contribution in [0.5, 0.6) is 5.75 Å². The number of carbonyl (C=O) groups is 1. The molecule has 28 heavy (non-hydrogen) atoms. The molecule has 1 saturated heterocycles. The van der Waals surface area contributed by atoms with Gasteiger partial charge in [-0.2, -0.15) is 0 Å². The molecule has 1 aromatic rings. The molecule has 1 amide bonds. The molecule has 156 valence electrons. The van der Waals surface area contributed by atoms with Crippen LogP contribution in [-0.4, -0.2) is 44.5 Å². The fraction of sp³-hybridized carbons (Fsp3) is 0.650. The van der Waals surface area contributed by atoms with E-state index in [-0.39, 0.29) is 23.7 Å². The van der Waals surface area contributed by atoms with E-state index in [0.29, 0.717) is 11.8 Å². The quantitative estimate of drug-likeness (QED) is 0.739. The Bertz CT molecular complexity index is 683. The molecule has 0 unspecified atom stereocenters. The molecule has 5 nitrogen and oxygen atoms in total. The summed E-state index contributed by atoms with van der Waals surface area (Å²) in [5.74, 6) is 0.587. The molecule has 0 bridgehead atoms. The maximum Gasteiger partial charge on any atom is 0.573 e. The molecule has 3 rings (SSSR count). The summed E-state index contributed by atoms with van der Waals surface area (Å²) in [5, 5.41) is 6.27. The lowest BCUT2D eigenvalue weighted by Gasteiger charge is -2.25. The van der Waals surface area contributed by atoms with Crippen molar-refractivity contribution in [2.45, 2.75) is 51.1 Å². The van der Waals surface area contributed by atoms with E-state index in [4.69, 9.17) is 0 Å². The van der Waals surface area contributed by atoms with Gasteiger partial charge in [0, 0.05) is 36.8 Å². The Morgan fingerprint density at radius 1 is 1.32 bits per heavy atom. The third-order valence-corrected chi connectivity index (χ3v) is 5.84. The lowest BCUT2D eigenvalue weighted by atomic mass is 9.97. The van der Waals surface area contributed by atoms with E-state index in [0.717, 1.165) is 44.5 Å². The normalized spacial score (nSPS) is 25.5. The number of fused-ring (bicyclic) bond motifs is 1. The first-order valence-corrected chi connectivity index (χ1v) is 9.89. The smallest absolute Gasteiger partial charge is 0.406 e. The second-order valence-electron chi connectivity index (χ2n) is 7.70. The van der Waals surface area contributed by atoms with E-state index in [1.807, 2.05) is 0 Å². The maximum absolute atomic E-state index is 12.5. The zero-order valence-corrected chi connectivity index (χ0v) is 16.3. The Hall–Kier alpha value is -1.96. The topological polar surface area (TPSA) is 53.6 Å². The van der Waals surface area contributed by atoms with Gasteiger partial charge in [0.1, 0.15) is 5.75 Å². The van der Waals surface area contributed by atoms with Crippen LogP contribution < -0.4 is 20.3 Å². The SMILES string of the molecule is CCC[C@H](NC)C(=O)N[C@H]1CC[C@@H]2CN(c3cccc(OC(F)(F)F)c3)C[C@@H]21. The van der Waals surface area contributed by atoms with Crippen molar-refractivity contribution in [3.05, 3.63) is 24.3 Å². The molecule has 8 heteroatoms. The number of nitrogens with zero attached hydrogens (tertiary/aromatic N) is 1. The van der Waals surface area contributed by atoms with Crippen molar-refractivity contribution in [3.8, 4) is 5.75 Å². The average molecular weight is 399 g/mol. The average Bonchev–Trinajstić information content (AvgIpc) is 3.20. The van der Waals surface area contributed by atoms with Crippen molar-refractivity contribution in [2.75, 3.05) is 25.0 Å². The fourth-order valence-corrected chi connectivity index (χ4v) is 4.51. The van der Waals surface area contributed by atoms with E-state index in [9.17, 15) is 18.0 Å². The highest BCUT2D eigenvalue weighted by Gasteiger charge is 2.43. The number of anilines is 1. The number of likely N-dealkylation sites (N-methyl/N-ethyl adjacent to an activating group) is 1. The number of carbonyl (C=O) groups excluding carboxylic acids is 1. The lowest BCUT2D eigenvalue weighted by Crippen LogP contribution is -2.48. The zero-order valence-electron chi connectivity index (χ0n) is 16.3. The molecule has 2 N–H and O–H groups in total. The summed E-state index contributed by atoms with van der Waals surface area (Å²) in [7, 11) is 1.80. The van der Waals surface area contributed by atoms with E-state index in [1.54, 1.807) is 19.2 Å². The molecule has 1 aliphatic heterocycles. The molecule has 0 spiro atoms. The third-order valence-electron chi connectivity index (χ3n) is 5.84. The van der Waals surface area contributed by atoms with E-state index in [2.05, 4.69) is 27.2 Å².